The molecule has 17 heavy (non-hydrogen) atoms. The van der Waals surface area contributed by atoms with E-state index in [1.807, 2.05) is 11.8 Å². The van der Waals surface area contributed by atoms with Crippen LogP contribution >= 0.6 is 24.2 Å². The summed E-state index contributed by atoms with van der Waals surface area (Å²) >= 11 is 1.96. The number of nitrogens with zero attached hydrogens (tertiary/aromatic N) is 1. The predicted octanol–water partition coefficient (Wildman–Crippen LogP) is 1.89. The molecule has 2 rings (SSSR count). The van der Waals surface area contributed by atoms with Crippen molar-refractivity contribution in [1.29, 1.82) is 0 Å². The minimum Gasteiger partial charge on any atom is -0.341 e. The molecule has 1 saturated carbocycles. The first kappa shape index (κ1) is 15.1. The molecule has 0 aromatic heterocycles. The lowest BCUT2D eigenvalue weighted by molar-refractivity contribution is -0.141. The number of halogens is 1. The summed E-state index contributed by atoms with van der Waals surface area (Å²) < 4.78 is 0. The Morgan fingerprint density at radius 2 is 1.88 bits per heavy atom. The summed E-state index contributed by atoms with van der Waals surface area (Å²) in [5.74, 6) is 2.63. The highest BCUT2D eigenvalue weighted by molar-refractivity contribution is 7.99. The second-order valence-electron chi connectivity index (χ2n) is 4.95. The Balaban J connectivity index is 0.00000144. The predicted molar refractivity (Wildman–Crippen MR) is 75.7 cm³/mol. The molecular weight excluding hydrogens is 256 g/mol. The number of thioether (sulfide) groups is 1. The third kappa shape index (κ3) is 3.30. The van der Waals surface area contributed by atoms with E-state index in [4.69, 9.17) is 5.73 Å². The monoisotopic (exact) mass is 278 g/mol. The average molecular weight is 279 g/mol. The molecule has 2 aliphatic rings. The highest BCUT2D eigenvalue weighted by Gasteiger charge is 2.42. The van der Waals surface area contributed by atoms with Crippen molar-refractivity contribution in [3.8, 4) is 0 Å². The van der Waals surface area contributed by atoms with Gasteiger partial charge in [0.2, 0.25) is 5.91 Å². The number of rotatable bonds is 2. The van der Waals surface area contributed by atoms with Crippen LogP contribution in [0.25, 0.3) is 0 Å². The van der Waals surface area contributed by atoms with Crippen LogP contribution < -0.4 is 5.73 Å². The molecular formula is C12H23ClN2OS. The van der Waals surface area contributed by atoms with Gasteiger partial charge in [-0.05, 0) is 25.0 Å². The Labute approximate surface area is 114 Å². The molecule has 3 nitrogen and oxygen atoms in total. The van der Waals surface area contributed by atoms with Crippen LogP contribution in [0.4, 0.5) is 0 Å². The number of amides is 1. The zero-order valence-corrected chi connectivity index (χ0v) is 12.0. The minimum absolute atomic E-state index is 0. The van der Waals surface area contributed by atoms with Gasteiger partial charge in [-0.25, -0.2) is 0 Å². The molecule has 2 N–H and O–H groups in total. The van der Waals surface area contributed by atoms with E-state index in [1.165, 1.54) is 18.6 Å². The van der Waals surface area contributed by atoms with E-state index >= 15 is 0 Å². The maximum atomic E-state index is 12.5. The Bertz CT molecular complexity index is 249. The van der Waals surface area contributed by atoms with Crippen LogP contribution in [-0.2, 0) is 4.79 Å². The molecule has 1 aliphatic heterocycles. The number of carbonyl (C=O) groups is 1. The third-order valence-corrected chi connectivity index (χ3v) is 4.96. The minimum atomic E-state index is -0.199. The quantitative estimate of drug-likeness (QED) is 0.839. The lowest BCUT2D eigenvalue weighted by Gasteiger charge is -2.32. The van der Waals surface area contributed by atoms with Gasteiger partial charge in [0.15, 0.2) is 0 Å². The molecule has 1 heterocycles. The number of hydrogen-bond acceptors (Lipinski definition) is 3. The molecule has 2 fully saturated rings. The van der Waals surface area contributed by atoms with Crippen LogP contribution in [0.2, 0.25) is 0 Å². The van der Waals surface area contributed by atoms with Crippen molar-refractivity contribution in [2.24, 2.45) is 11.1 Å². The topological polar surface area (TPSA) is 46.3 Å². The highest BCUT2D eigenvalue weighted by atomic mass is 35.5. The highest BCUT2D eigenvalue weighted by Crippen LogP contribution is 2.39. The lowest BCUT2D eigenvalue weighted by atomic mass is 9.84. The zero-order valence-electron chi connectivity index (χ0n) is 10.3. The standard InChI is InChI=1S/C12H22N2OS.ClH/c13-10-12(4-1-2-5-12)11(15)14-6-3-8-16-9-7-14;/h1-10,13H2;1H. The number of nitrogens with two attached hydrogens (primary N) is 1. The fourth-order valence-corrected chi connectivity index (χ4v) is 3.73. The number of hydrogen-bond donors (Lipinski definition) is 1. The van der Waals surface area contributed by atoms with E-state index in [2.05, 4.69) is 4.90 Å². The second-order valence-corrected chi connectivity index (χ2v) is 6.17. The van der Waals surface area contributed by atoms with Crippen molar-refractivity contribution in [3.63, 3.8) is 0 Å². The van der Waals surface area contributed by atoms with Gasteiger partial charge >= 0.3 is 0 Å². The fourth-order valence-electron chi connectivity index (χ4n) is 2.84. The van der Waals surface area contributed by atoms with Crippen molar-refractivity contribution in [3.05, 3.63) is 0 Å². The van der Waals surface area contributed by atoms with Crippen molar-refractivity contribution < 1.29 is 4.79 Å². The summed E-state index contributed by atoms with van der Waals surface area (Å²) in [4.78, 5) is 14.6. The molecule has 100 valence electrons. The van der Waals surface area contributed by atoms with Gasteiger partial charge in [-0.2, -0.15) is 11.8 Å². The summed E-state index contributed by atoms with van der Waals surface area (Å²) in [6.07, 6.45) is 5.49. The molecule has 5 heteroatoms. The third-order valence-electron chi connectivity index (χ3n) is 3.91. The summed E-state index contributed by atoms with van der Waals surface area (Å²) in [7, 11) is 0. The first-order valence-electron chi connectivity index (χ1n) is 6.36. The van der Waals surface area contributed by atoms with Crippen LogP contribution in [-0.4, -0.2) is 41.9 Å². The van der Waals surface area contributed by atoms with Crippen LogP contribution in [0.5, 0.6) is 0 Å². The molecule has 1 amide bonds. The van der Waals surface area contributed by atoms with Crippen molar-refractivity contribution in [2.75, 3.05) is 31.1 Å². The molecule has 0 aromatic carbocycles. The van der Waals surface area contributed by atoms with E-state index in [1.54, 1.807) is 0 Å². The van der Waals surface area contributed by atoms with E-state index in [9.17, 15) is 4.79 Å². The van der Waals surface area contributed by atoms with E-state index in [0.717, 1.165) is 38.1 Å². The maximum absolute atomic E-state index is 12.5. The summed E-state index contributed by atoms with van der Waals surface area (Å²) in [5.41, 5.74) is 5.66. The summed E-state index contributed by atoms with van der Waals surface area (Å²) in [5, 5.41) is 0. The van der Waals surface area contributed by atoms with Gasteiger partial charge in [-0.15, -0.1) is 12.4 Å². The van der Waals surface area contributed by atoms with Crippen LogP contribution in [0.1, 0.15) is 32.1 Å². The molecule has 1 saturated heterocycles. The Kier molecular flexibility index (Phi) is 6.10. The molecule has 0 aromatic rings. The van der Waals surface area contributed by atoms with Gasteiger partial charge in [0.05, 0.1) is 5.41 Å². The Morgan fingerprint density at radius 1 is 1.18 bits per heavy atom. The molecule has 0 atom stereocenters. The fraction of sp³-hybridized carbons (Fsp3) is 0.917. The van der Waals surface area contributed by atoms with Gasteiger partial charge in [0.25, 0.3) is 0 Å². The van der Waals surface area contributed by atoms with Crippen LogP contribution in [0, 0.1) is 5.41 Å². The van der Waals surface area contributed by atoms with Crippen molar-refractivity contribution in [1.82, 2.24) is 4.90 Å². The molecule has 0 spiro atoms. The number of carbonyl (C=O) groups excluding carboxylic acids is 1. The first-order valence-corrected chi connectivity index (χ1v) is 7.51. The van der Waals surface area contributed by atoms with E-state index in [0.29, 0.717) is 12.5 Å². The zero-order chi connectivity index (χ0) is 11.4. The lowest BCUT2D eigenvalue weighted by Crippen LogP contribution is -2.47. The van der Waals surface area contributed by atoms with Gasteiger partial charge in [0.1, 0.15) is 0 Å². The SMILES string of the molecule is Cl.NCC1(C(=O)N2CCCSCC2)CCCC1. The van der Waals surface area contributed by atoms with Gasteiger partial charge in [0, 0.05) is 25.4 Å². The summed E-state index contributed by atoms with van der Waals surface area (Å²) in [6.45, 7) is 2.40. The normalized spacial score (nSPS) is 23.9. The summed E-state index contributed by atoms with van der Waals surface area (Å²) in [6, 6.07) is 0. The average Bonchev–Trinajstić information content (AvgIpc) is 2.64. The van der Waals surface area contributed by atoms with E-state index in [-0.39, 0.29) is 17.8 Å². The van der Waals surface area contributed by atoms with Crippen LogP contribution in [0.3, 0.4) is 0 Å². The van der Waals surface area contributed by atoms with Crippen molar-refractivity contribution in [2.45, 2.75) is 32.1 Å². The van der Waals surface area contributed by atoms with Crippen LogP contribution in [0.15, 0.2) is 0 Å². The second kappa shape index (κ2) is 6.86. The molecule has 0 unspecified atom stereocenters. The Hall–Kier alpha value is 0.0700. The van der Waals surface area contributed by atoms with Crippen molar-refractivity contribution >= 4 is 30.1 Å². The van der Waals surface area contributed by atoms with Gasteiger partial charge in [-0.1, -0.05) is 12.8 Å². The smallest absolute Gasteiger partial charge is 0.230 e. The molecule has 1 aliphatic carbocycles. The van der Waals surface area contributed by atoms with Gasteiger partial charge in [-0.3, -0.25) is 4.79 Å². The van der Waals surface area contributed by atoms with Gasteiger partial charge < -0.3 is 10.6 Å². The first-order chi connectivity index (χ1) is 7.78. The largest absolute Gasteiger partial charge is 0.341 e. The molecule has 0 bridgehead atoms. The van der Waals surface area contributed by atoms with E-state index < -0.39 is 0 Å². The Morgan fingerprint density at radius 3 is 2.53 bits per heavy atom. The maximum Gasteiger partial charge on any atom is 0.230 e. The molecule has 0 radical (unpaired) electrons.